The van der Waals surface area contributed by atoms with E-state index >= 15 is 0 Å². The monoisotopic (exact) mass is 924 g/mol. The molecule has 316 valence electrons. The van der Waals surface area contributed by atoms with E-state index in [4.69, 9.17) is 46.4 Å². The average molecular weight is 927 g/mol. The van der Waals surface area contributed by atoms with Crippen LogP contribution in [0.2, 0.25) is 20.1 Å². The van der Waals surface area contributed by atoms with Crippen LogP contribution in [-0.4, -0.2) is 105 Å². The molecule has 61 heavy (non-hydrogen) atoms. The molecule has 2 aliphatic rings. The van der Waals surface area contributed by atoms with E-state index in [2.05, 4.69) is 0 Å². The van der Waals surface area contributed by atoms with E-state index in [0.29, 0.717) is 52.4 Å². The molecule has 19 heteroatoms. The predicted molar refractivity (Wildman–Crippen MR) is 237 cm³/mol. The maximum absolute atomic E-state index is 13.3. The fourth-order valence-electron chi connectivity index (χ4n) is 7.08. The summed E-state index contributed by atoms with van der Waals surface area (Å²) in [6.45, 7) is 5.59. The second-order valence-corrected chi connectivity index (χ2v) is 16.6. The first-order chi connectivity index (χ1) is 29.1. The van der Waals surface area contributed by atoms with Crippen LogP contribution in [0.3, 0.4) is 0 Å². The third-order valence-corrected chi connectivity index (χ3v) is 13.0. The summed E-state index contributed by atoms with van der Waals surface area (Å²) in [5, 5.41) is 26.5. The lowest BCUT2D eigenvalue weighted by Crippen LogP contribution is -2.49. The van der Waals surface area contributed by atoms with Crippen molar-refractivity contribution in [3.05, 3.63) is 124 Å². The fraction of sp³-hybridized carbons (Fsp3) is 0.238. The number of nitro groups is 2. The number of halogens is 4. The SMILES string of the molecule is CC(=O)N1CCN(C(=O)/C=C/c2ccc(Sc3ccc(/C=C/C(=O)N4CCN(C(C)=O)CC4)c(-c4cccc(Cl)c4Cl)c3[N+](=O)[O-])c([N+](=O)[O-])c2-c2cccc(Cl)c2Cl)CC1. The minimum absolute atomic E-state index is 0.00529. The number of benzene rings is 4. The standard InChI is InChI=1S/C42H36Cl4N6O8S/c1-25(53)47-17-21-49(22-18-47)35(55)15-11-27-9-13-33(41(51(57)58)37(27)29-5-3-7-31(43)39(29)45)61-34-14-10-28(12-16-36(56)50-23-19-48(20-24-50)26(2)54)38(42(34)52(59)60)30-6-4-8-32(44)40(30)46/h3-16H,17-24H2,1-2H3/b15-11+,16-12+. The van der Waals surface area contributed by atoms with Gasteiger partial charge in [-0.2, -0.15) is 0 Å². The van der Waals surface area contributed by atoms with Gasteiger partial charge in [0.25, 0.3) is 11.4 Å². The molecule has 4 aromatic carbocycles. The number of nitro benzene ring substituents is 2. The molecule has 4 aromatic rings. The highest BCUT2D eigenvalue weighted by molar-refractivity contribution is 7.99. The van der Waals surface area contributed by atoms with E-state index in [0.717, 1.165) is 11.8 Å². The third-order valence-electron chi connectivity index (χ3n) is 10.3. The van der Waals surface area contributed by atoms with Gasteiger partial charge in [-0.25, -0.2) is 0 Å². The molecule has 2 heterocycles. The van der Waals surface area contributed by atoms with Gasteiger partial charge in [0, 0.05) is 89.5 Å². The molecule has 0 atom stereocenters. The normalized spacial score (nSPS) is 14.5. The molecule has 0 N–H and O–H groups in total. The molecule has 2 fully saturated rings. The Balaban J connectivity index is 1.45. The molecule has 0 aromatic heterocycles. The van der Waals surface area contributed by atoms with Crippen LogP contribution in [0.5, 0.6) is 0 Å². The molecule has 14 nitrogen and oxygen atoms in total. The molecule has 0 aliphatic carbocycles. The van der Waals surface area contributed by atoms with Gasteiger partial charge in [0.05, 0.1) is 50.9 Å². The molecule has 0 radical (unpaired) electrons. The molecule has 0 bridgehead atoms. The van der Waals surface area contributed by atoms with Crippen molar-refractivity contribution in [1.82, 2.24) is 19.6 Å². The molecule has 4 amide bonds. The Morgan fingerprint density at radius 2 is 0.902 bits per heavy atom. The number of amides is 4. The summed E-state index contributed by atoms with van der Waals surface area (Å²) in [6, 6.07) is 15.2. The number of hydrogen-bond acceptors (Lipinski definition) is 9. The van der Waals surface area contributed by atoms with Crippen LogP contribution >= 0.6 is 58.2 Å². The van der Waals surface area contributed by atoms with E-state index in [1.165, 1.54) is 62.4 Å². The quantitative estimate of drug-likeness (QED) is 0.0857. The topological polar surface area (TPSA) is 168 Å². The number of piperazine rings is 2. The average Bonchev–Trinajstić information content (AvgIpc) is 3.24. The number of carbonyl (C=O) groups excluding carboxylic acids is 4. The second-order valence-electron chi connectivity index (χ2n) is 13.9. The summed E-state index contributed by atoms with van der Waals surface area (Å²) < 4.78 is 0. The zero-order valence-corrected chi connectivity index (χ0v) is 36.4. The van der Waals surface area contributed by atoms with Crippen molar-refractivity contribution in [3.63, 3.8) is 0 Å². The van der Waals surface area contributed by atoms with E-state index in [-0.39, 0.29) is 86.9 Å². The number of rotatable bonds is 10. The Bertz CT molecular complexity index is 2350. The summed E-state index contributed by atoms with van der Waals surface area (Å²) in [6.07, 6.45) is 5.43. The Morgan fingerprint density at radius 1 is 0.557 bits per heavy atom. The molecule has 0 saturated carbocycles. The summed E-state index contributed by atoms with van der Waals surface area (Å²) in [4.78, 5) is 81.6. The third kappa shape index (κ3) is 10.0. The maximum atomic E-state index is 13.3. The Kier molecular flexibility index (Phi) is 14.4. The van der Waals surface area contributed by atoms with Gasteiger partial charge in [-0.15, -0.1) is 0 Å². The molecule has 6 rings (SSSR count). The van der Waals surface area contributed by atoms with Crippen LogP contribution in [0.25, 0.3) is 34.4 Å². The Hall–Kier alpha value is -5.45. The Morgan fingerprint density at radius 3 is 1.23 bits per heavy atom. The van der Waals surface area contributed by atoms with Crippen molar-refractivity contribution in [1.29, 1.82) is 0 Å². The van der Waals surface area contributed by atoms with Gasteiger partial charge in [0.1, 0.15) is 0 Å². The largest absolute Gasteiger partial charge is 0.339 e. The van der Waals surface area contributed by atoms with E-state index < -0.39 is 21.2 Å². The van der Waals surface area contributed by atoms with E-state index in [9.17, 15) is 39.4 Å². The van der Waals surface area contributed by atoms with Gasteiger partial charge in [0.15, 0.2) is 0 Å². The predicted octanol–water partition coefficient (Wildman–Crippen LogP) is 9.01. The van der Waals surface area contributed by atoms with Gasteiger partial charge >= 0.3 is 0 Å². The lowest BCUT2D eigenvalue weighted by molar-refractivity contribution is -0.387. The van der Waals surface area contributed by atoms with Crippen LogP contribution in [0.15, 0.2) is 82.6 Å². The lowest BCUT2D eigenvalue weighted by atomic mass is 9.96. The summed E-state index contributed by atoms with van der Waals surface area (Å²) in [7, 11) is 0. The number of carbonyl (C=O) groups is 4. The first-order valence-corrected chi connectivity index (χ1v) is 21.0. The van der Waals surface area contributed by atoms with Crippen molar-refractivity contribution in [3.8, 4) is 22.3 Å². The molecule has 2 aliphatic heterocycles. The number of hydrogen-bond donors (Lipinski definition) is 0. The van der Waals surface area contributed by atoms with E-state index in [1.54, 1.807) is 56.0 Å². The molecule has 0 unspecified atom stereocenters. The smallest absolute Gasteiger partial charge is 0.291 e. The highest BCUT2D eigenvalue weighted by Crippen LogP contribution is 2.51. The van der Waals surface area contributed by atoms with E-state index in [1.807, 2.05) is 0 Å². The van der Waals surface area contributed by atoms with Crippen molar-refractivity contribution in [2.45, 2.75) is 23.6 Å². The van der Waals surface area contributed by atoms with Gasteiger partial charge in [-0.1, -0.05) is 94.6 Å². The zero-order chi connectivity index (χ0) is 44.1. The first kappa shape index (κ1) is 45.1. The maximum Gasteiger partial charge on any atom is 0.291 e. The van der Waals surface area contributed by atoms with Crippen LogP contribution in [0.4, 0.5) is 11.4 Å². The molecular weight excluding hydrogens is 890 g/mol. The van der Waals surface area contributed by atoms with Gasteiger partial charge in [-0.3, -0.25) is 39.4 Å². The fourth-order valence-corrected chi connectivity index (χ4v) is 8.92. The van der Waals surface area contributed by atoms with Crippen LogP contribution in [0, 0.1) is 20.2 Å². The van der Waals surface area contributed by atoms with Crippen LogP contribution in [0.1, 0.15) is 25.0 Å². The molecule has 2 saturated heterocycles. The summed E-state index contributed by atoms with van der Waals surface area (Å²) in [5.74, 6) is -0.935. The molecular formula is C42H36Cl4N6O8S. The summed E-state index contributed by atoms with van der Waals surface area (Å²) in [5.41, 5.74) is -0.0652. The minimum Gasteiger partial charge on any atom is -0.339 e. The zero-order valence-electron chi connectivity index (χ0n) is 32.6. The number of nitrogens with zero attached hydrogens (tertiary/aromatic N) is 6. The van der Waals surface area contributed by atoms with Gasteiger partial charge in [0.2, 0.25) is 23.6 Å². The Labute approximate surface area is 374 Å². The van der Waals surface area contributed by atoms with Gasteiger partial charge in [-0.05, 0) is 47.5 Å². The molecule has 0 spiro atoms. The van der Waals surface area contributed by atoms with Crippen molar-refractivity contribution < 1.29 is 29.0 Å². The highest BCUT2D eigenvalue weighted by Gasteiger charge is 2.32. The summed E-state index contributed by atoms with van der Waals surface area (Å²) >= 11 is 26.9. The first-order valence-electron chi connectivity index (χ1n) is 18.7. The van der Waals surface area contributed by atoms with Crippen LogP contribution < -0.4 is 0 Å². The van der Waals surface area contributed by atoms with Crippen molar-refractivity contribution >= 4 is 105 Å². The minimum atomic E-state index is -0.630. The van der Waals surface area contributed by atoms with Crippen molar-refractivity contribution in [2.24, 2.45) is 0 Å². The second kappa shape index (κ2) is 19.5. The van der Waals surface area contributed by atoms with Gasteiger partial charge < -0.3 is 19.6 Å². The van der Waals surface area contributed by atoms with Crippen molar-refractivity contribution in [2.75, 3.05) is 52.4 Å². The highest BCUT2D eigenvalue weighted by atomic mass is 35.5. The lowest BCUT2D eigenvalue weighted by Gasteiger charge is -2.33. The van der Waals surface area contributed by atoms with Crippen LogP contribution in [-0.2, 0) is 19.2 Å².